The molecule has 0 aromatic heterocycles. The van der Waals surface area contributed by atoms with Gasteiger partial charge < -0.3 is 30.2 Å². The number of halogens is 1. The highest BCUT2D eigenvalue weighted by Gasteiger charge is 2.21. The van der Waals surface area contributed by atoms with Crippen LogP contribution >= 0.6 is 24.0 Å². The van der Waals surface area contributed by atoms with E-state index in [1.165, 1.54) is 11.1 Å². The van der Waals surface area contributed by atoms with E-state index in [9.17, 15) is 4.79 Å². The van der Waals surface area contributed by atoms with E-state index in [-0.39, 0.29) is 30.6 Å². The van der Waals surface area contributed by atoms with E-state index in [1.807, 2.05) is 24.3 Å². The molecule has 8 nitrogen and oxygen atoms in total. The Morgan fingerprint density at radius 2 is 1.88 bits per heavy atom. The van der Waals surface area contributed by atoms with Gasteiger partial charge in [0, 0.05) is 19.6 Å². The third-order valence-electron chi connectivity index (χ3n) is 5.04. The molecule has 32 heavy (non-hydrogen) atoms. The van der Waals surface area contributed by atoms with Crippen LogP contribution in [0.5, 0.6) is 17.2 Å². The number of aliphatic imine (C=N–C) groups is 1. The number of fused-ring (bicyclic) bond motifs is 1. The minimum atomic E-state index is -0.502. The number of nitrogens with one attached hydrogen (secondary N) is 1. The van der Waals surface area contributed by atoms with Gasteiger partial charge in [-0.2, -0.15) is 0 Å². The summed E-state index contributed by atoms with van der Waals surface area (Å²) >= 11 is 0. The van der Waals surface area contributed by atoms with Crippen LogP contribution in [-0.2, 0) is 24.3 Å². The van der Waals surface area contributed by atoms with Crippen LogP contribution in [0.2, 0.25) is 0 Å². The number of ether oxygens (including phenoxy) is 3. The molecule has 0 radical (unpaired) electrons. The Kier molecular flexibility index (Phi) is 9.89. The lowest BCUT2D eigenvalue weighted by Gasteiger charge is -2.32. The van der Waals surface area contributed by atoms with Crippen LogP contribution in [0.25, 0.3) is 0 Å². The summed E-state index contributed by atoms with van der Waals surface area (Å²) in [7, 11) is 3.31. The van der Waals surface area contributed by atoms with Gasteiger partial charge in [-0.1, -0.05) is 12.1 Å². The van der Waals surface area contributed by atoms with Gasteiger partial charge in [0.15, 0.2) is 24.1 Å². The molecule has 0 spiro atoms. The molecule has 0 atom stereocenters. The maximum atomic E-state index is 10.9. The summed E-state index contributed by atoms with van der Waals surface area (Å²) in [6.07, 6.45) is 0.899. The quantitative estimate of drug-likeness (QED) is 0.296. The van der Waals surface area contributed by atoms with Crippen LogP contribution in [0.1, 0.15) is 23.6 Å². The number of hydrogen-bond acceptors (Lipinski definition) is 5. The molecule has 0 unspecified atom stereocenters. The molecular formula is C23H31IN4O4. The van der Waals surface area contributed by atoms with E-state index in [0.29, 0.717) is 12.3 Å². The average molecular weight is 554 g/mol. The minimum absolute atomic E-state index is 0. The molecule has 0 saturated carbocycles. The summed E-state index contributed by atoms with van der Waals surface area (Å²) in [5.41, 5.74) is 8.61. The number of methoxy groups -OCH3 is 2. The van der Waals surface area contributed by atoms with Crippen molar-refractivity contribution in [3.8, 4) is 17.2 Å². The van der Waals surface area contributed by atoms with E-state index in [0.717, 1.165) is 49.1 Å². The molecule has 0 bridgehead atoms. The van der Waals surface area contributed by atoms with E-state index in [1.54, 1.807) is 20.3 Å². The number of carbonyl (C=O) groups excluding carboxylic acids is 1. The van der Waals surface area contributed by atoms with E-state index < -0.39 is 5.91 Å². The van der Waals surface area contributed by atoms with Crippen molar-refractivity contribution in [3.63, 3.8) is 0 Å². The van der Waals surface area contributed by atoms with Gasteiger partial charge in [0.25, 0.3) is 5.91 Å². The fourth-order valence-electron chi connectivity index (χ4n) is 3.54. The van der Waals surface area contributed by atoms with Crippen molar-refractivity contribution in [1.82, 2.24) is 10.2 Å². The largest absolute Gasteiger partial charge is 0.493 e. The van der Waals surface area contributed by atoms with Gasteiger partial charge in [0.2, 0.25) is 0 Å². The van der Waals surface area contributed by atoms with Crippen molar-refractivity contribution in [2.45, 2.75) is 26.4 Å². The molecule has 174 valence electrons. The topological polar surface area (TPSA) is 98.4 Å². The van der Waals surface area contributed by atoms with Crippen molar-refractivity contribution in [2.75, 3.05) is 33.9 Å². The number of benzene rings is 2. The smallest absolute Gasteiger partial charge is 0.255 e. The second-order valence-corrected chi connectivity index (χ2v) is 7.22. The molecular weight excluding hydrogens is 523 g/mol. The first-order valence-electron chi connectivity index (χ1n) is 10.3. The normalized spacial score (nSPS) is 13.0. The van der Waals surface area contributed by atoms with Crippen LogP contribution in [0.4, 0.5) is 0 Å². The third kappa shape index (κ3) is 6.65. The summed E-state index contributed by atoms with van der Waals surface area (Å²) < 4.78 is 16.3. The van der Waals surface area contributed by atoms with Gasteiger partial charge in [-0.3, -0.25) is 4.79 Å². The Balaban J connectivity index is 0.00000363. The number of rotatable bonds is 8. The first-order valence-corrected chi connectivity index (χ1v) is 10.3. The summed E-state index contributed by atoms with van der Waals surface area (Å²) in [4.78, 5) is 18.0. The number of primary amides is 1. The van der Waals surface area contributed by atoms with Gasteiger partial charge >= 0.3 is 0 Å². The highest BCUT2D eigenvalue weighted by molar-refractivity contribution is 14.0. The number of amides is 1. The van der Waals surface area contributed by atoms with Crippen molar-refractivity contribution >= 4 is 35.8 Å². The lowest BCUT2D eigenvalue weighted by molar-refractivity contribution is -0.119. The Labute approximate surface area is 206 Å². The molecule has 1 amide bonds. The predicted molar refractivity (Wildman–Crippen MR) is 135 cm³/mol. The van der Waals surface area contributed by atoms with Crippen LogP contribution in [0.3, 0.4) is 0 Å². The number of hydrogen-bond donors (Lipinski definition) is 2. The minimum Gasteiger partial charge on any atom is -0.493 e. The predicted octanol–water partition coefficient (Wildman–Crippen LogP) is 2.71. The number of carbonyl (C=O) groups is 1. The Morgan fingerprint density at radius 1 is 1.16 bits per heavy atom. The standard InChI is InChI=1S/C23H30N4O4.HI/c1-4-25-23(26-13-16-6-5-7-19(10-16)31-15-22(24)28)27-9-8-17-11-20(29-2)21(30-3)12-18(17)14-27;/h5-7,10-12H,4,8-9,13-15H2,1-3H3,(H2,24,28)(H,25,26);1H. The first kappa shape index (κ1) is 25.6. The highest BCUT2D eigenvalue weighted by Crippen LogP contribution is 2.33. The molecule has 0 aliphatic carbocycles. The molecule has 9 heteroatoms. The summed E-state index contributed by atoms with van der Waals surface area (Å²) in [5, 5.41) is 3.39. The van der Waals surface area contributed by atoms with Crippen LogP contribution in [0, 0.1) is 0 Å². The lowest BCUT2D eigenvalue weighted by Crippen LogP contribution is -2.44. The van der Waals surface area contributed by atoms with Gasteiger partial charge in [0.05, 0.1) is 20.8 Å². The molecule has 3 rings (SSSR count). The first-order chi connectivity index (χ1) is 15.0. The molecule has 1 aliphatic heterocycles. The summed E-state index contributed by atoms with van der Waals surface area (Å²) in [6.45, 7) is 4.77. The van der Waals surface area contributed by atoms with Gasteiger partial charge in [0.1, 0.15) is 5.75 Å². The SMILES string of the molecule is CCNC(=NCc1cccc(OCC(N)=O)c1)N1CCc2cc(OC)c(OC)cc2C1.I. The van der Waals surface area contributed by atoms with E-state index >= 15 is 0 Å². The zero-order valence-electron chi connectivity index (χ0n) is 18.7. The van der Waals surface area contributed by atoms with Gasteiger partial charge in [-0.05, 0) is 54.3 Å². The van der Waals surface area contributed by atoms with Crippen molar-refractivity contribution in [1.29, 1.82) is 0 Å². The Morgan fingerprint density at radius 3 is 2.53 bits per heavy atom. The van der Waals surface area contributed by atoms with E-state index in [2.05, 4.69) is 23.2 Å². The molecule has 1 aliphatic rings. The molecule has 3 N–H and O–H groups in total. The van der Waals surface area contributed by atoms with Crippen LogP contribution in [-0.4, -0.2) is 50.7 Å². The summed E-state index contributed by atoms with van der Waals surface area (Å²) in [6, 6.07) is 11.6. The lowest BCUT2D eigenvalue weighted by atomic mass is 9.99. The van der Waals surface area contributed by atoms with Crippen molar-refractivity contribution in [3.05, 3.63) is 53.1 Å². The number of nitrogens with two attached hydrogens (primary N) is 1. The Bertz CT molecular complexity index is 952. The fraction of sp³-hybridized carbons (Fsp3) is 0.391. The maximum Gasteiger partial charge on any atom is 0.255 e. The van der Waals surface area contributed by atoms with Gasteiger partial charge in [-0.25, -0.2) is 4.99 Å². The average Bonchev–Trinajstić information content (AvgIpc) is 2.79. The molecule has 0 saturated heterocycles. The van der Waals surface area contributed by atoms with Crippen LogP contribution in [0.15, 0.2) is 41.4 Å². The maximum absolute atomic E-state index is 10.9. The zero-order chi connectivity index (χ0) is 22.2. The molecule has 2 aromatic rings. The molecule has 0 fully saturated rings. The molecule has 2 aromatic carbocycles. The Hall–Kier alpha value is -2.69. The monoisotopic (exact) mass is 554 g/mol. The van der Waals surface area contributed by atoms with Crippen molar-refractivity contribution in [2.24, 2.45) is 10.7 Å². The van der Waals surface area contributed by atoms with Crippen LogP contribution < -0.4 is 25.3 Å². The second-order valence-electron chi connectivity index (χ2n) is 7.22. The molecule has 1 heterocycles. The van der Waals surface area contributed by atoms with E-state index in [4.69, 9.17) is 24.9 Å². The number of guanidine groups is 1. The number of nitrogens with zero attached hydrogens (tertiary/aromatic N) is 2. The fourth-order valence-corrected chi connectivity index (χ4v) is 3.54. The zero-order valence-corrected chi connectivity index (χ0v) is 21.1. The highest BCUT2D eigenvalue weighted by atomic mass is 127. The second kappa shape index (κ2) is 12.4. The van der Waals surface area contributed by atoms with Gasteiger partial charge in [-0.15, -0.1) is 24.0 Å². The summed E-state index contributed by atoms with van der Waals surface area (Å²) in [5.74, 6) is 2.44. The third-order valence-corrected chi connectivity index (χ3v) is 5.04. The van der Waals surface area contributed by atoms with Crippen molar-refractivity contribution < 1.29 is 19.0 Å².